The minimum atomic E-state index is -0.703. The molecule has 2 aliphatic heterocycles. The van der Waals surface area contributed by atoms with E-state index >= 15 is 4.39 Å². The molecule has 0 aliphatic carbocycles. The lowest BCUT2D eigenvalue weighted by Crippen LogP contribution is -2.39. The van der Waals surface area contributed by atoms with Gasteiger partial charge in [0, 0.05) is 50.8 Å². The number of carbonyl (C=O) groups is 2. The number of amides is 3. The Labute approximate surface area is 246 Å². The third-order valence-corrected chi connectivity index (χ3v) is 7.60. The molecular formula is C29H31F2N9O3. The van der Waals surface area contributed by atoms with E-state index in [0.29, 0.717) is 69.3 Å². The maximum absolute atomic E-state index is 15.4. The highest BCUT2D eigenvalue weighted by molar-refractivity contribution is 5.94. The van der Waals surface area contributed by atoms with Crippen LogP contribution in [0.5, 0.6) is 0 Å². The summed E-state index contributed by atoms with van der Waals surface area (Å²) in [6.45, 7) is 2.57. The van der Waals surface area contributed by atoms with E-state index in [9.17, 15) is 14.0 Å². The van der Waals surface area contributed by atoms with E-state index in [4.69, 9.17) is 19.8 Å². The molecule has 3 amide bonds. The Balaban J connectivity index is 1.30. The summed E-state index contributed by atoms with van der Waals surface area (Å²) in [4.78, 5) is 42.4. The number of fused-ring (bicyclic) bond motifs is 1. The van der Waals surface area contributed by atoms with Gasteiger partial charge in [-0.3, -0.25) is 9.78 Å². The Bertz CT molecular complexity index is 1600. The molecule has 2 aliphatic rings. The van der Waals surface area contributed by atoms with E-state index in [1.165, 1.54) is 12.1 Å². The molecule has 4 aromatic rings. The molecule has 6 rings (SSSR count). The van der Waals surface area contributed by atoms with Crippen LogP contribution in [0.2, 0.25) is 0 Å². The Morgan fingerprint density at radius 1 is 1.05 bits per heavy atom. The number of benzene rings is 1. The van der Waals surface area contributed by atoms with Crippen molar-refractivity contribution in [2.75, 3.05) is 62.8 Å². The number of hydrogen-bond acceptors (Lipinski definition) is 8. The highest BCUT2D eigenvalue weighted by atomic mass is 19.1. The van der Waals surface area contributed by atoms with Gasteiger partial charge in [-0.15, -0.1) is 0 Å². The van der Waals surface area contributed by atoms with Gasteiger partial charge < -0.3 is 25.2 Å². The molecule has 1 aromatic carbocycles. The van der Waals surface area contributed by atoms with Gasteiger partial charge in [-0.2, -0.15) is 5.10 Å². The van der Waals surface area contributed by atoms with Crippen molar-refractivity contribution >= 4 is 34.5 Å². The number of hydrogen-bond donors (Lipinski definition) is 2. The number of nitrogens with one attached hydrogen (secondary N) is 2. The number of halogens is 2. The molecular weight excluding hydrogens is 560 g/mol. The zero-order valence-corrected chi connectivity index (χ0v) is 23.4. The number of piperidine rings is 1. The number of nitrogens with zero attached hydrogens (tertiary/aromatic N) is 7. The Kier molecular flexibility index (Phi) is 8.36. The van der Waals surface area contributed by atoms with Gasteiger partial charge in [0.15, 0.2) is 11.5 Å². The van der Waals surface area contributed by atoms with E-state index in [2.05, 4.69) is 20.5 Å². The lowest BCUT2D eigenvalue weighted by atomic mass is 10.0. The van der Waals surface area contributed by atoms with E-state index in [1.54, 1.807) is 36.8 Å². The largest absolute Gasteiger partial charge is 0.378 e. The molecule has 0 saturated carbocycles. The fourth-order valence-corrected chi connectivity index (χ4v) is 5.41. The van der Waals surface area contributed by atoms with Crippen molar-refractivity contribution in [3.8, 4) is 11.4 Å². The summed E-state index contributed by atoms with van der Waals surface area (Å²) in [6, 6.07) is 7.09. The zero-order valence-electron chi connectivity index (χ0n) is 23.4. The summed E-state index contributed by atoms with van der Waals surface area (Å²) in [5.74, 6) is 0.157. The molecule has 2 N–H and O–H groups in total. The average molecular weight is 592 g/mol. The Hall–Kier alpha value is -4.72. The molecule has 0 bridgehead atoms. The average Bonchev–Trinajstić information content (AvgIpc) is 3.48. The third-order valence-electron chi connectivity index (χ3n) is 7.60. The van der Waals surface area contributed by atoms with Crippen molar-refractivity contribution in [1.82, 2.24) is 34.9 Å². The second-order valence-corrected chi connectivity index (χ2v) is 10.3. The molecule has 5 heterocycles. The molecule has 14 heteroatoms. The number of rotatable bonds is 7. The van der Waals surface area contributed by atoms with E-state index in [0.717, 1.165) is 5.39 Å². The number of carbonyl (C=O) groups excluding carboxylic acids is 2. The Morgan fingerprint density at radius 2 is 1.86 bits per heavy atom. The minimum Gasteiger partial charge on any atom is -0.378 e. The molecule has 2 saturated heterocycles. The normalized spacial score (nSPS) is 16.0. The van der Waals surface area contributed by atoms with Gasteiger partial charge in [0.2, 0.25) is 0 Å². The molecule has 0 atom stereocenters. The van der Waals surface area contributed by atoms with Crippen LogP contribution < -0.4 is 15.5 Å². The van der Waals surface area contributed by atoms with Gasteiger partial charge in [0.1, 0.15) is 18.3 Å². The first-order valence-electron chi connectivity index (χ1n) is 14.2. The number of morpholine rings is 1. The van der Waals surface area contributed by atoms with Crippen LogP contribution >= 0.6 is 0 Å². The van der Waals surface area contributed by atoms with Crippen molar-refractivity contribution in [3.63, 3.8) is 0 Å². The molecule has 2 fully saturated rings. The van der Waals surface area contributed by atoms with E-state index < -0.39 is 18.5 Å². The summed E-state index contributed by atoms with van der Waals surface area (Å²) in [5.41, 5.74) is 1.51. The highest BCUT2D eigenvalue weighted by Crippen LogP contribution is 2.33. The van der Waals surface area contributed by atoms with Crippen molar-refractivity contribution in [3.05, 3.63) is 60.3 Å². The fourth-order valence-electron chi connectivity index (χ4n) is 5.41. The van der Waals surface area contributed by atoms with Gasteiger partial charge in [-0.25, -0.2) is 28.2 Å². The second-order valence-electron chi connectivity index (χ2n) is 10.3. The van der Waals surface area contributed by atoms with Crippen molar-refractivity contribution in [2.45, 2.75) is 18.9 Å². The first kappa shape index (κ1) is 28.4. The summed E-state index contributed by atoms with van der Waals surface area (Å²) < 4.78 is 35.2. The molecule has 0 spiro atoms. The van der Waals surface area contributed by atoms with Crippen LogP contribution in [0.15, 0.2) is 48.9 Å². The van der Waals surface area contributed by atoms with Crippen molar-refractivity contribution in [1.29, 1.82) is 0 Å². The summed E-state index contributed by atoms with van der Waals surface area (Å²) in [7, 11) is 0. The molecule has 43 heavy (non-hydrogen) atoms. The predicted octanol–water partition coefficient (Wildman–Crippen LogP) is 3.43. The van der Waals surface area contributed by atoms with Crippen LogP contribution in [-0.2, 0) is 4.74 Å². The van der Waals surface area contributed by atoms with Gasteiger partial charge in [-0.05, 0) is 43.2 Å². The van der Waals surface area contributed by atoms with Crippen LogP contribution in [0.3, 0.4) is 0 Å². The van der Waals surface area contributed by atoms with E-state index in [1.807, 2.05) is 9.58 Å². The maximum atomic E-state index is 15.4. The van der Waals surface area contributed by atoms with Crippen molar-refractivity contribution < 1.29 is 23.1 Å². The predicted molar refractivity (Wildman–Crippen MR) is 155 cm³/mol. The van der Waals surface area contributed by atoms with Gasteiger partial charge >= 0.3 is 6.03 Å². The minimum absolute atomic E-state index is 0.0185. The number of urea groups is 1. The maximum Gasteiger partial charge on any atom is 0.319 e. The molecule has 12 nitrogen and oxygen atoms in total. The smallest absolute Gasteiger partial charge is 0.319 e. The van der Waals surface area contributed by atoms with Crippen LogP contribution in [0.1, 0.15) is 29.2 Å². The van der Waals surface area contributed by atoms with E-state index in [-0.39, 0.29) is 35.6 Å². The SMILES string of the molecule is O=C(NCCF)Nc1ccc(-c2nc(N3CCOCC3)c3cnn(C4CCN(C(=O)c5cccnc5)CC4)c3n2)c(F)c1. The van der Waals surface area contributed by atoms with Crippen LogP contribution in [-0.4, -0.2) is 94.2 Å². The fraction of sp³-hybridized carbons (Fsp3) is 0.379. The molecule has 0 unspecified atom stereocenters. The number of ether oxygens (including phenoxy) is 1. The monoisotopic (exact) mass is 591 g/mol. The first-order valence-corrected chi connectivity index (χ1v) is 14.2. The zero-order chi connectivity index (χ0) is 29.8. The van der Waals surface area contributed by atoms with Crippen LogP contribution in [0.4, 0.5) is 25.1 Å². The molecule has 0 radical (unpaired) electrons. The van der Waals surface area contributed by atoms with Crippen molar-refractivity contribution in [2.24, 2.45) is 0 Å². The van der Waals surface area contributed by atoms with Crippen LogP contribution in [0.25, 0.3) is 22.4 Å². The molecule has 3 aromatic heterocycles. The number of alkyl halides is 1. The first-order chi connectivity index (χ1) is 21.0. The number of anilines is 2. The number of pyridine rings is 1. The number of likely N-dealkylation sites (tertiary alicyclic amines) is 1. The summed E-state index contributed by atoms with van der Waals surface area (Å²) in [5, 5.41) is 10.3. The third kappa shape index (κ3) is 6.09. The summed E-state index contributed by atoms with van der Waals surface area (Å²) in [6.07, 6.45) is 6.31. The quantitative estimate of drug-likeness (QED) is 0.334. The molecule has 224 valence electrons. The summed E-state index contributed by atoms with van der Waals surface area (Å²) >= 11 is 0. The Morgan fingerprint density at radius 3 is 2.58 bits per heavy atom. The van der Waals surface area contributed by atoms with Gasteiger partial charge in [0.25, 0.3) is 5.91 Å². The highest BCUT2D eigenvalue weighted by Gasteiger charge is 2.28. The number of aromatic nitrogens is 5. The van der Waals surface area contributed by atoms with Gasteiger partial charge in [0.05, 0.1) is 42.0 Å². The van der Waals surface area contributed by atoms with Crippen LogP contribution in [0, 0.1) is 5.82 Å². The lowest BCUT2D eigenvalue weighted by molar-refractivity contribution is 0.0691. The van der Waals surface area contributed by atoms with Gasteiger partial charge in [-0.1, -0.05) is 0 Å². The standard InChI is InChI=1S/C29H31F2N9O3/c30-7-9-33-29(42)35-20-3-4-22(24(31)16-20)25-36-26(38-12-14-43-15-13-38)23-18-34-40(27(23)37-25)21-5-10-39(11-6-21)28(41)19-2-1-8-32-17-19/h1-4,8,16-18,21H,5-7,9-15H2,(H2,33,35,42). The topological polar surface area (TPSA) is 130 Å². The lowest BCUT2D eigenvalue weighted by Gasteiger charge is -2.32. The second kappa shape index (κ2) is 12.7.